The Morgan fingerprint density at radius 3 is 2.34 bits per heavy atom. The van der Waals surface area contributed by atoms with Gasteiger partial charge >= 0.3 is 0 Å². The van der Waals surface area contributed by atoms with Crippen molar-refractivity contribution in [1.82, 2.24) is 14.9 Å². The number of rotatable bonds is 6. The molecule has 0 aliphatic carbocycles. The van der Waals surface area contributed by atoms with E-state index in [1.807, 2.05) is 30.5 Å². The van der Waals surface area contributed by atoms with Gasteiger partial charge < -0.3 is 24.4 Å². The van der Waals surface area contributed by atoms with Crippen LogP contribution in [0, 0.1) is 18.8 Å². The largest absolute Gasteiger partial charge is 0.497 e. The van der Waals surface area contributed by atoms with E-state index in [1.165, 1.54) is 6.42 Å². The van der Waals surface area contributed by atoms with Crippen molar-refractivity contribution in [2.45, 2.75) is 39.3 Å². The minimum Gasteiger partial charge on any atom is -0.497 e. The van der Waals surface area contributed by atoms with Crippen molar-refractivity contribution in [3.05, 3.63) is 101 Å². The van der Waals surface area contributed by atoms with Crippen LogP contribution in [0.4, 0.5) is 11.4 Å². The topological polar surface area (TPSA) is 45.6 Å². The number of aromatic nitrogens is 2. The minimum atomic E-state index is -0.162. The molecule has 2 saturated heterocycles. The zero-order valence-corrected chi connectivity index (χ0v) is 25.5. The fraction of sp³-hybridized carbons (Fsp3) is 0.333. The summed E-state index contributed by atoms with van der Waals surface area (Å²) < 4.78 is 7.70. The van der Waals surface area contributed by atoms with E-state index in [0.29, 0.717) is 16.9 Å². The van der Waals surface area contributed by atoms with E-state index in [4.69, 9.17) is 33.5 Å². The molecule has 0 unspecified atom stereocenters. The summed E-state index contributed by atoms with van der Waals surface area (Å²) in [7, 11) is 1.69. The molecule has 4 aromatic rings. The quantitative estimate of drug-likeness (QED) is 0.236. The van der Waals surface area contributed by atoms with Crippen molar-refractivity contribution in [2.24, 2.45) is 11.8 Å². The summed E-state index contributed by atoms with van der Waals surface area (Å²) in [5.74, 6) is 2.11. The molecule has 4 heterocycles. The number of halogens is 1. The molecule has 0 saturated carbocycles. The van der Waals surface area contributed by atoms with E-state index < -0.39 is 0 Å². The van der Waals surface area contributed by atoms with Crippen LogP contribution < -0.4 is 19.9 Å². The minimum absolute atomic E-state index is 0.155. The summed E-state index contributed by atoms with van der Waals surface area (Å²) in [6.07, 6.45) is 3.09. The van der Waals surface area contributed by atoms with E-state index in [9.17, 15) is 0 Å². The van der Waals surface area contributed by atoms with Crippen LogP contribution in [0.2, 0.25) is 5.02 Å². The zero-order chi connectivity index (χ0) is 28.7. The molecular formula is C33H36ClN5OS. The molecule has 1 N–H and O–H groups in total. The third-order valence-corrected chi connectivity index (χ3v) is 8.87. The Bertz CT molecular complexity index is 1530. The highest BCUT2D eigenvalue weighted by Gasteiger charge is 2.42. The van der Waals surface area contributed by atoms with Gasteiger partial charge in [0.2, 0.25) is 0 Å². The average molecular weight is 586 g/mol. The zero-order valence-electron chi connectivity index (χ0n) is 23.9. The van der Waals surface area contributed by atoms with E-state index in [0.717, 1.165) is 58.0 Å². The third kappa shape index (κ3) is 5.29. The normalized spacial score (nSPS) is 22.6. The van der Waals surface area contributed by atoms with Gasteiger partial charge in [0.25, 0.3) is 0 Å². The molecule has 2 aliphatic rings. The van der Waals surface area contributed by atoms with E-state index >= 15 is 0 Å². The Kier molecular flexibility index (Phi) is 7.66. The molecule has 2 aliphatic heterocycles. The molecule has 6 rings (SSSR count). The molecule has 6 nitrogen and oxygen atoms in total. The van der Waals surface area contributed by atoms with Crippen LogP contribution in [0.15, 0.2) is 79.0 Å². The molecule has 2 fully saturated rings. The van der Waals surface area contributed by atoms with Gasteiger partial charge in [0.1, 0.15) is 11.8 Å². The maximum absolute atomic E-state index is 7.03. The third-order valence-electron chi connectivity index (χ3n) is 8.26. The Morgan fingerprint density at radius 2 is 1.68 bits per heavy atom. The number of piperidine rings is 1. The van der Waals surface area contributed by atoms with Crippen LogP contribution in [-0.4, -0.2) is 34.9 Å². The second-order valence-electron chi connectivity index (χ2n) is 11.4. The Balaban J connectivity index is 1.44. The van der Waals surface area contributed by atoms with Crippen LogP contribution >= 0.6 is 23.8 Å². The number of anilines is 2. The number of pyridine rings is 1. The standard InChI is InChI=1S/C33H36ClN5OS/c1-21-17-22(2)20-37(19-21)29-15-11-25(18-27(29)34)39-32(31(36-33(39)41)28-7-5-6-16-35-28)30-14-8-23(3)38(30)24-9-12-26(40-4)13-10-24/h5-16,18,21-22,31-32H,17,19-20H2,1-4H3,(H,36,41)/t21-,22+,31-,32+/m0/s1. The van der Waals surface area contributed by atoms with Crippen LogP contribution in [-0.2, 0) is 0 Å². The lowest BCUT2D eigenvalue weighted by atomic mass is 9.91. The number of nitrogens with zero attached hydrogens (tertiary/aromatic N) is 4. The Hall–Kier alpha value is -3.55. The second-order valence-corrected chi connectivity index (χ2v) is 12.2. The van der Waals surface area contributed by atoms with Gasteiger partial charge in [-0.15, -0.1) is 0 Å². The fourth-order valence-corrected chi connectivity index (χ4v) is 7.21. The number of benzene rings is 2. The number of nitrogens with one attached hydrogen (secondary N) is 1. The van der Waals surface area contributed by atoms with Gasteiger partial charge in [0.05, 0.1) is 29.6 Å². The molecule has 41 heavy (non-hydrogen) atoms. The van der Waals surface area contributed by atoms with Gasteiger partial charge in [-0.1, -0.05) is 31.5 Å². The van der Waals surface area contributed by atoms with Crippen molar-refractivity contribution in [2.75, 3.05) is 30.0 Å². The molecule has 2 aromatic carbocycles. The van der Waals surface area contributed by atoms with Gasteiger partial charge in [0.15, 0.2) is 5.11 Å². The molecule has 0 amide bonds. The Morgan fingerprint density at radius 1 is 0.951 bits per heavy atom. The molecule has 0 spiro atoms. The first kappa shape index (κ1) is 27.6. The highest BCUT2D eigenvalue weighted by molar-refractivity contribution is 7.80. The number of aryl methyl sites for hydroxylation is 1. The number of ether oxygens (including phenoxy) is 1. The van der Waals surface area contributed by atoms with Crippen molar-refractivity contribution < 1.29 is 4.74 Å². The fourth-order valence-electron chi connectivity index (χ4n) is 6.57. The number of hydrogen-bond acceptors (Lipinski definition) is 4. The summed E-state index contributed by atoms with van der Waals surface area (Å²) in [6.45, 7) is 8.81. The first-order chi connectivity index (χ1) is 19.8. The van der Waals surface area contributed by atoms with E-state index in [-0.39, 0.29) is 12.1 Å². The second kappa shape index (κ2) is 11.4. The molecule has 212 valence electrons. The summed E-state index contributed by atoms with van der Waals surface area (Å²) in [4.78, 5) is 9.35. The van der Waals surface area contributed by atoms with E-state index in [1.54, 1.807) is 7.11 Å². The molecule has 4 atom stereocenters. The number of thiocarbonyl (C=S) groups is 1. The highest BCUT2D eigenvalue weighted by atomic mass is 35.5. The van der Waals surface area contributed by atoms with Crippen LogP contribution in [0.25, 0.3) is 5.69 Å². The van der Waals surface area contributed by atoms with Gasteiger partial charge in [-0.25, -0.2) is 0 Å². The highest BCUT2D eigenvalue weighted by Crippen LogP contribution is 2.44. The van der Waals surface area contributed by atoms with Gasteiger partial charge in [0, 0.05) is 42.0 Å². The monoisotopic (exact) mass is 585 g/mol. The summed E-state index contributed by atoms with van der Waals surface area (Å²) >= 11 is 13.0. The predicted molar refractivity (Wildman–Crippen MR) is 172 cm³/mol. The smallest absolute Gasteiger partial charge is 0.174 e. The van der Waals surface area contributed by atoms with E-state index in [2.05, 4.69) is 89.0 Å². The van der Waals surface area contributed by atoms with Gasteiger partial charge in [-0.3, -0.25) is 4.98 Å². The lowest BCUT2D eigenvalue weighted by Gasteiger charge is -2.37. The predicted octanol–water partition coefficient (Wildman–Crippen LogP) is 7.50. The lowest BCUT2D eigenvalue weighted by Crippen LogP contribution is -2.38. The van der Waals surface area contributed by atoms with Crippen LogP contribution in [0.3, 0.4) is 0 Å². The number of hydrogen-bond donors (Lipinski definition) is 1. The van der Waals surface area contributed by atoms with Crippen LogP contribution in [0.1, 0.15) is 49.4 Å². The maximum Gasteiger partial charge on any atom is 0.174 e. The SMILES string of the molecule is COc1ccc(-n2c(C)ccc2[C@@H]2[C@H](c3ccccn3)NC(=S)N2c2ccc(N3C[C@H](C)C[C@H](C)C3)c(Cl)c2)cc1. The van der Waals surface area contributed by atoms with Crippen molar-refractivity contribution in [3.63, 3.8) is 0 Å². The first-order valence-electron chi connectivity index (χ1n) is 14.2. The summed E-state index contributed by atoms with van der Waals surface area (Å²) in [6, 6.07) is 24.6. The molecule has 0 radical (unpaired) electrons. The first-order valence-corrected chi connectivity index (χ1v) is 15.0. The van der Waals surface area contributed by atoms with Gasteiger partial charge in [-0.2, -0.15) is 0 Å². The number of methoxy groups -OCH3 is 1. The Labute approximate surface area is 252 Å². The summed E-state index contributed by atoms with van der Waals surface area (Å²) in [5.41, 5.74) is 6.27. The summed E-state index contributed by atoms with van der Waals surface area (Å²) in [5, 5.41) is 4.98. The van der Waals surface area contributed by atoms with Crippen molar-refractivity contribution in [1.29, 1.82) is 0 Å². The maximum atomic E-state index is 7.03. The average Bonchev–Trinajstić information content (AvgIpc) is 3.52. The van der Waals surface area contributed by atoms with Gasteiger partial charge in [-0.05, 0) is 104 Å². The van der Waals surface area contributed by atoms with Crippen molar-refractivity contribution in [3.8, 4) is 11.4 Å². The lowest BCUT2D eigenvalue weighted by molar-refractivity contribution is 0.357. The molecular weight excluding hydrogens is 550 g/mol. The van der Waals surface area contributed by atoms with Crippen LogP contribution in [0.5, 0.6) is 5.75 Å². The molecule has 0 bridgehead atoms. The molecule has 2 aromatic heterocycles. The molecule has 8 heteroatoms. The van der Waals surface area contributed by atoms with Crippen molar-refractivity contribution >= 4 is 40.3 Å².